The minimum atomic E-state index is -0.461. The number of methoxy groups -OCH3 is 2. The van der Waals surface area contributed by atoms with Crippen LogP contribution in [0.2, 0.25) is 0 Å². The molecule has 4 rings (SSSR count). The Hall–Kier alpha value is -3.94. The van der Waals surface area contributed by atoms with Crippen molar-refractivity contribution in [3.8, 4) is 28.5 Å². The smallest absolute Gasteiger partial charge is 0.291 e. The zero-order valence-electron chi connectivity index (χ0n) is 18.7. The minimum Gasteiger partial charge on any atom is -0.497 e. The van der Waals surface area contributed by atoms with E-state index in [4.69, 9.17) is 14.2 Å². The van der Waals surface area contributed by atoms with E-state index in [9.17, 15) is 4.79 Å². The van der Waals surface area contributed by atoms with Crippen molar-refractivity contribution >= 4 is 12.1 Å². The van der Waals surface area contributed by atoms with Crippen LogP contribution in [-0.2, 0) is 0 Å². The quantitative estimate of drug-likeness (QED) is 0.411. The number of rotatable bonds is 8. The zero-order chi connectivity index (χ0) is 23.0. The van der Waals surface area contributed by atoms with Crippen molar-refractivity contribution < 1.29 is 19.0 Å². The second kappa shape index (κ2) is 10.6. The number of carbonyl (C=O) groups is 1. The Morgan fingerprint density at radius 1 is 1.00 bits per heavy atom. The third-order valence-electron chi connectivity index (χ3n) is 5.38. The van der Waals surface area contributed by atoms with Gasteiger partial charge in [-0.05, 0) is 62.1 Å². The summed E-state index contributed by atoms with van der Waals surface area (Å²) in [6.45, 7) is 0. The van der Waals surface area contributed by atoms with E-state index in [2.05, 4.69) is 20.5 Å². The molecule has 33 heavy (non-hydrogen) atoms. The minimum absolute atomic E-state index is 0.166. The highest BCUT2D eigenvalue weighted by Gasteiger charge is 2.16. The first kappa shape index (κ1) is 22.3. The van der Waals surface area contributed by atoms with Gasteiger partial charge < -0.3 is 14.2 Å². The summed E-state index contributed by atoms with van der Waals surface area (Å²) in [6.07, 6.45) is 9.51. The molecule has 0 bridgehead atoms. The van der Waals surface area contributed by atoms with Crippen LogP contribution in [-0.4, -0.2) is 42.4 Å². The number of benzene rings is 2. The van der Waals surface area contributed by atoms with Gasteiger partial charge in [0.25, 0.3) is 5.91 Å². The SMILES string of the molecule is COc1cc(/C=N/NC(=O)c2cncc(-c3ccc(OC4CCCC4)cc3)n2)cc(OC)c1. The second-order valence-corrected chi connectivity index (χ2v) is 7.68. The average Bonchev–Trinajstić information content (AvgIpc) is 3.37. The van der Waals surface area contributed by atoms with Gasteiger partial charge in [0.15, 0.2) is 0 Å². The zero-order valence-corrected chi connectivity index (χ0v) is 18.7. The van der Waals surface area contributed by atoms with E-state index in [1.807, 2.05) is 24.3 Å². The second-order valence-electron chi connectivity index (χ2n) is 7.68. The molecule has 0 radical (unpaired) electrons. The van der Waals surface area contributed by atoms with Crippen LogP contribution < -0.4 is 19.6 Å². The van der Waals surface area contributed by atoms with Gasteiger partial charge in [-0.2, -0.15) is 5.10 Å². The fourth-order valence-corrected chi connectivity index (χ4v) is 3.64. The molecule has 2 aromatic carbocycles. The Labute approximate surface area is 192 Å². The van der Waals surface area contributed by atoms with Crippen molar-refractivity contribution in [2.45, 2.75) is 31.8 Å². The molecular formula is C25H26N4O4. The van der Waals surface area contributed by atoms with Crippen LogP contribution in [0.5, 0.6) is 17.2 Å². The monoisotopic (exact) mass is 446 g/mol. The van der Waals surface area contributed by atoms with Crippen molar-refractivity contribution in [1.82, 2.24) is 15.4 Å². The number of aromatic nitrogens is 2. The molecule has 8 nitrogen and oxygen atoms in total. The first-order chi connectivity index (χ1) is 16.1. The summed E-state index contributed by atoms with van der Waals surface area (Å²) >= 11 is 0. The molecule has 3 aromatic rings. The van der Waals surface area contributed by atoms with E-state index in [0.717, 1.165) is 24.2 Å². The number of nitrogens with zero attached hydrogens (tertiary/aromatic N) is 3. The third-order valence-corrected chi connectivity index (χ3v) is 5.38. The summed E-state index contributed by atoms with van der Waals surface area (Å²) in [5.74, 6) is 1.63. The highest BCUT2D eigenvalue weighted by molar-refractivity contribution is 5.93. The molecule has 8 heteroatoms. The number of hydrogen-bond donors (Lipinski definition) is 1. The Balaban J connectivity index is 1.41. The molecule has 0 unspecified atom stereocenters. The average molecular weight is 447 g/mol. The molecule has 1 amide bonds. The molecule has 1 fully saturated rings. The van der Waals surface area contributed by atoms with Gasteiger partial charge in [0.05, 0.1) is 44.6 Å². The van der Waals surface area contributed by atoms with Gasteiger partial charge in [-0.3, -0.25) is 9.78 Å². The van der Waals surface area contributed by atoms with Crippen molar-refractivity contribution in [1.29, 1.82) is 0 Å². The van der Waals surface area contributed by atoms with Crippen LogP contribution in [0, 0.1) is 0 Å². The van der Waals surface area contributed by atoms with Gasteiger partial charge in [0, 0.05) is 17.2 Å². The molecular weight excluding hydrogens is 420 g/mol. The Bertz CT molecular complexity index is 1100. The van der Waals surface area contributed by atoms with Crippen LogP contribution in [0.4, 0.5) is 0 Å². The van der Waals surface area contributed by atoms with Gasteiger partial charge >= 0.3 is 0 Å². The molecule has 1 saturated carbocycles. The predicted octanol–water partition coefficient (Wildman–Crippen LogP) is 4.25. The largest absolute Gasteiger partial charge is 0.497 e. The first-order valence-corrected chi connectivity index (χ1v) is 10.8. The van der Waals surface area contributed by atoms with Crippen LogP contribution >= 0.6 is 0 Å². The first-order valence-electron chi connectivity index (χ1n) is 10.8. The molecule has 1 aliphatic rings. The van der Waals surface area contributed by atoms with Crippen LogP contribution in [0.15, 0.2) is 60.0 Å². The highest BCUT2D eigenvalue weighted by Crippen LogP contribution is 2.26. The predicted molar refractivity (Wildman–Crippen MR) is 125 cm³/mol. The Morgan fingerprint density at radius 3 is 2.36 bits per heavy atom. The normalized spacial score (nSPS) is 13.8. The number of amides is 1. The maximum Gasteiger partial charge on any atom is 0.291 e. The molecule has 0 aliphatic heterocycles. The van der Waals surface area contributed by atoms with E-state index in [1.54, 1.807) is 38.6 Å². The van der Waals surface area contributed by atoms with Crippen LogP contribution in [0.25, 0.3) is 11.3 Å². The number of hydrazone groups is 1. The lowest BCUT2D eigenvalue weighted by atomic mass is 10.1. The van der Waals surface area contributed by atoms with E-state index in [-0.39, 0.29) is 5.69 Å². The Kier molecular flexibility index (Phi) is 7.14. The van der Waals surface area contributed by atoms with E-state index < -0.39 is 5.91 Å². The van der Waals surface area contributed by atoms with Gasteiger partial charge in [-0.25, -0.2) is 10.4 Å². The van der Waals surface area contributed by atoms with Crippen molar-refractivity contribution in [3.63, 3.8) is 0 Å². The number of carbonyl (C=O) groups excluding carboxylic acids is 1. The number of hydrogen-bond acceptors (Lipinski definition) is 7. The van der Waals surface area contributed by atoms with E-state index in [0.29, 0.717) is 28.9 Å². The fourth-order valence-electron chi connectivity index (χ4n) is 3.64. The van der Waals surface area contributed by atoms with Crippen LogP contribution in [0.1, 0.15) is 41.7 Å². The maximum absolute atomic E-state index is 12.5. The molecule has 0 spiro atoms. The molecule has 1 aliphatic carbocycles. The molecule has 0 atom stereocenters. The highest BCUT2D eigenvalue weighted by atomic mass is 16.5. The summed E-state index contributed by atoms with van der Waals surface area (Å²) in [4.78, 5) is 21.1. The Morgan fingerprint density at radius 2 is 1.70 bits per heavy atom. The standard InChI is InChI=1S/C25H26N4O4/c1-31-21-11-17(12-22(13-21)32-2)14-27-29-25(30)24-16-26-15-23(28-24)18-7-9-20(10-8-18)33-19-5-3-4-6-19/h7-16,19H,3-6H2,1-2H3,(H,29,30)/b27-14+. The fraction of sp³-hybridized carbons (Fsp3) is 0.280. The lowest BCUT2D eigenvalue weighted by molar-refractivity contribution is 0.0950. The number of ether oxygens (including phenoxy) is 3. The van der Waals surface area contributed by atoms with Crippen molar-refractivity contribution in [3.05, 3.63) is 66.1 Å². The van der Waals surface area contributed by atoms with Crippen LogP contribution in [0.3, 0.4) is 0 Å². The topological polar surface area (TPSA) is 94.9 Å². The lowest BCUT2D eigenvalue weighted by Crippen LogP contribution is -2.19. The van der Waals surface area contributed by atoms with Crippen molar-refractivity contribution in [2.75, 3.05) is 14.2 Å². The molecule has 1 aromatic heterocycles. The van der Waals surface area contributed by atoms with Crippen molar-refractivity contribution in [2.24, 2.45) is 5.10 Å². The van der Waals surface area contributed by atoms with E-state index in [1.165, 1.54) is 25.3 Å². The molecule has 170 valence electrons. The summed E-state index contributed by atoms with van der Waals surface area (Å²) in [7, 11) is 3.14. The number of nitrogens with one attached hydrogen (secondary N) is 1. The molecule has 1 heterocycles. The molecule has 1 N–H and O–H groups in total. The molecule has 0 saturated heterocycles. The van der Waals surface area contributed by atoms with Gasteiger partial charge in [-0.15, -0.1) is 0 Å². The summed E-state index contributed by atoms with van der Waals surface area (Å²) < 4.78 is 16.5. The summed E-state index contributed by atoms with van der Waals surface area (Å²) in [5, 5.41) is 4.01. The van der Waals surface area contributed by atoms with E-state index >= 15 is 0 Å². The van der Waals surface area contributed by atoms with Gasteiger partial charge in [0.1, 0.15) is 22.9 Å². The lowest BCUT2D eigenvalue weighted by Gasteiger charge is -2.13. The van der Waals surface area contributed by atoms with Gasteiger partial charge in [0.2, 0.25) is 0 Å². The maximum atomic E-state index is 12.5. The van der Waals surface area contributed by atoms with Gasteiger partial charge in [-0.1, -0.05) is 0 Å². The summed E-state index contributed by atoms with van der Waals surface area (Å²) in [6, 6.07) is 13.0. The summed E-state index contributed by atoms with van der Waals surface area (Å²) in [5.41, 5.74) is 4.80. The third kappa shape index (κ3) is 5.85.